The standard InChI is InChI=1S/BH3O3.Cr.HNO3.2H2O.2O/c2-1(3)4;;2-1(3)4;;;;/h2-4H;;(H,2,3,4);2*1H2;;/q;+2;;;;;/p-2. The Balaban J connectivity index is -0.000000117. The summed E-state index contributed by atoms with van der Waals surface area (Å²) < 4.78 is 31.9. The topological polar surface area (TPSA) is 199 Å². The van der Waals surface area contributed by atoms with Crippen molar-refractivity contribution < 1.29 is 54.9 Å². The van der Waals surface area contributed by atoms with E-state index in [1.165, 1.54) is 0 Å². The molecule has 0 fully saturated rings. The van der Waals surface area contributed by atoms with E-state index in [2.05, 4.69) is 0 Å². The van der Waals surface area contributed by atoms with Crippen molar-refractivity contribution in [2.75, 3.05) is 0 Å². The van der Waals surface area contributed by atoms with Gasteiger partial charge in [-0.2, -0.15) is 0 Å². The van der Waals surface area contributed by atoms with Crippen molar-refractivity contribution in [1.29, 1.82) is 0 Å². The van der Waals surface area contributed by atoms with Crippen LogP contribution >= 0.6 is 0 Å². The van der Waals surface area contributed by atoms with Crippen molar-refractivity contribution in [3.63, 3.8) is 0 Å². The third-order valence-corrected chi connectivity index (χ3v) is 0. The van der Waals surface area contributed by atoms with Crippen LogP contribution in [0.4, 0.5) is 0 Å². The first-order chi connectivity index (χ1) is 5.46. The van der Waals surface area contributed by atoms with E-state index in [1.807, 2.05) is 0 Å². The summed E-state index contributed by atoms with van der Waals surface area (Å²) in [5, 5.41) is 35.1. The van der Waals surface area contributed by atoms with Crippen LogP contribution in [0, 0.1) is 10.1 Å². The second kappa shape index (κ2) is 9.29. The molecule has 0 aliphatic carbocycles. The summed E-state index contributed by atoms with van der Waals surface area (Å²) in [6, 6.07) is 0. The van der Waals surface area contributed by atoms with E-state index >= 15 is 0 Å². The van der Waals surface area contributed by atoms with E-state index in [0.29, 0.717) is 0 Å². The Hall–Kier alpha value is -0.803. The first-order valence-corrected chi connectivity index (χ1v) is 4.22. The van der Waals surface area contributed by atoms with Crippen molar-refractivity contribution in [3.8, 4) is 0 Å². The van der Waals surface area contributed by atoms with Crippen LogP contribution in [-0.2, 0) is 21.2 Å². The van der Waals surface area contributed by atoms with E-state index in [1.54, 1.807) is 0 Å². The Kier molecular flexibility index (Phi) is 12.9. The van der Waals surface area contributed by atoms with Crippen LogP contribution in [0.5, 0.6) is 0 Å². The van der Waals surface area contributed by atoms with Crippen molar-refractivity contribution in [2.24, 2.45) is 0 Å². The molecule has 6 N–H and O–H groups in total. The molecule has 0 radical (unpaired) electrons. The molecule has 0 unspecified atom stereocenters. The molecule has 11 nitrogen and oxygen atoms in total. The molecule has 13 heavy (non-hydrogen) atoms. The summed E-state index contributed by atoms with van der Waals surface area (Å²) in [6.07, 6.45) is 0. The van der Waals surface area contributed by atoms with Gasteiger partial charge in [-0.1, -0.05) is 0 Å². The Morgan fingerprint density at radius 2 is 1.15 bits per heavy atom. The van der Waals surface area contributed by atoms with Gasteiger partial charge in [0.15, 0.2) is 0 Å². The Morgan fingerprint density at radius 1 is 1.15 bits per heavy atom. The minimum atomic E-state index is -5.25. The van der Waals surface area contributed by atoms with Crippen molar-refractivity contribution in [2.45, 2.75) is 0 Å². The molecule has 0 heterocycles. The molecule has 0 amide bonds. The molecule has 0 atom stereocenters. The third-order valence-electron chi connectivity index (χ3n) is 0. The van der Waals surface area contributed by atoms with Gasteiger partial charge in [0.05, 0.1) is 0 Å². The van der Waals surface area contributed by atoms with E-state index in [-0.39, 0.29) is 0 Å². The van der Waals surface area contributed by atoms with Gasteiger partial charge in [0, 0.05) is 0 Å². The van der Waals surface area contributed by atoms with Crippen LogP contribution in [0.15, 0.2) is 0 Å². The fraction of sp³-hybridized carbons (Fsp3) is 0. The van der Waals surface area contributed by atoms with Gasteiger partial charge in [0.2, 0.25) is 0 Å². The summed E-state index contributed by atoms with van der Waals surface area (Å²) in [4.78, 5) is 8.36. The zero-order chi connectivity index (χ0) is 11.7. The summed E-state index contributed by atoms with van der Waals surface area (Å²) in [7, 11) is -2.17. The van der Waals surface area contributed by atoms with Gasteiger partial charge in [-0.3, -0.25) is 0 Å². The summed E-state index contributed by atoms with van der Waals surface area (Å²) in [5.74, 6) is 0. The third kappa shape index (κ3) is 1470. The molecule has 0 bridgehead atoms. The fourth-order valence-electron chi connectivity index (χ4n) is 0. The first kappa shape index (κ1) is 18.1. The molecule has 0 aromatic rings. The molecule has 0 aromatic carbocycles. The van der Waals surface area contributed by atoms with Crippen LogP contribution in [0.2, 0.25) is 0 Å². The van der Waals surface area contributed by atoms with Crippen LogP contribution in [0.3, 0.4) is 0 Å². The molecule has 0 aromatic heterocycles. The summed E-state index contributed by atoms with van der Waals surface area (Å²) in [5.41, 5.74) is 0. The second-order valence-electron chi connectivity index (χ2n) is 1.03. The Morgan fingerprint density at radius 3 is 1.15 bits per heavy atom. The zero-order valence-electron chi connectivity index (χ0n) is 5.75. The van der Waals surface area contributed by atoms with Gasteiger partial charge in [0.25, 0.3) is 5.09 Å². The predicted molar refractivity (Wildman–Crippen MR) is 27.0 cm³/mol. The second-order valence-corrected chi connectivity index (χ2v) is 2.43. The van der Waals surface area contributed by atoms with Crippen molar-refractivity contribution in [3.05, 3.63) is 10.1 Å². The fourth-order valence-corrected chi connectivity index (χ4v) is 0. The van der Waals surface area contributed by atoms with Gasteiger partial charge in [0.1, 0.15) is 0 Å². The molecule has 0 rings (SSSR count). The predicted octanol–water partition coefficient (Wildman–Crippen LogP) is -3.75. The number of hydrogen-bond acceptors (Lipinski definition) is 7. The molecule has 0 aliphatic rings. The molecular weight excluding hydrogens is 237 g/mol. The Labute approximate surface area is 73.2 Å². The zero-order valence-corrected chi connectivity index (χ0v) is 7.02. The van der Waals surface area contributed by atoms with E-state index in [0.717, 1.165) is 0 Å². The monoisotopic (exact) mass is 243 g/mol. The molecule has 0 spiro atoms. The molecule has 0 aliphatic heterocycles. The van der Waals surface area contributed by atoms with Gasteiger partial charge < -0.3 is 20.3 Å². The van der Waals surface area contributed by atoms with Gasteiger partial charge in [-0.25, -0.2) is 0 Å². The maximum atomic E-state index is 8.82. The number of hydrogen-bond donors (Lipinski definition) is 6. The average Bonchev–Trinajstić information content (AvgIpc) is 1.50. The summed E-state index contributed by atoms with van der Waals surface area (Å²) in [6.45, 7) is 0. The average molecular weight is 243 g/mol. The minimum absolute atomic E-state index is 1.50. The van der Waals surface area contributed by atoms with Gasteiger partial charge in [-0.15, -0.1) is 10.1 Å². The quantitative estimate of drug-likeness (QED) is 0.139. The van der Waals surface area contributed by atoms with Crippen molar-refractivity contribution >= 4 is 7.32 Å². The van der Waals surface area contributed by atoms with Gasteiger partial charge in [-0.05, 0) is 0 Å². The van der Waals surface area contributed by atoms with E-state index in [9.17, 15) is 0 Å². The number of nitrogens with zero attached hydrogens (tertiary/aromatic N) is 1. The van der Waals surface area contributed by atoms with E-state index < -0.39 is 26.0 Å². The van der Waals surface area contributed by atoms with Crippen LogP contribution in [-0.4, -0.2) is 41.0 Å². The molecule has 13 heteroatoms. The molecule has 80 valence electrons. The molecule has 0 saturated heterocycles. The maximum absolute atomic E-state index is 8.82. The van der Waals surface area contributed by atoms with Crippen molar-refractivity contribution in [1.82, 2.24) is 0 Å². The normalized spacial score (nSPS) is 8.38. The summed E-state index contributed by atoms with van der Waals surface area (Å²) >= 11 is -5.25. The van der Waals surface area contributed by atoms with E-state index in [4.69, 9.17) is 46.3 Å². The van der Waals surface area contributed by atoms with Crippen LogP contribution in [0.25, 0.3) is 0 Å². The first-order valence-electron chi connectivity index (χ1n) is 2.04. The Bertz CT molecular complexity index is 188. The molecular formula is H6BCrNO10. The van der Waals surface area contributed by atoms with Gasteiger partial charge >= 0.3 is 36.9 Å². The van der Waals surface area contributed by atoms with Crippen LogP contribution in [0.1, 0.15) is 0 Å². The molecule has 0 saturated carbocycles. The SMILES string of the molecule is O=[N+]([O-])O.OB(O)O.[O]=[Cr](=[O])([OH])[OH]. The number of rotatable bonds is 0. The van der Waals surface area contributed by atoms with Crippen LogP contribution < -0.4 is 0 Å².